The van der Waals surface area contributed by atoms with Gasteiger partial charge in [0.05, 0.1) is 6.20 Å². The van der Waals surface area contributed by atoms with Gasteiger partial charge in [0.25, 0.3) is 0 Å². The number of aromatic nitrogens is 2. The number of nitrogens with one attached hydrogen (secondary N) is 1. The number of nitriles is 1. The number of aryl methyl sites for hydroxylation is 1. The van der Waals surface area contributed by atoms with Crippen molar-refractivity contribution in [2.45, 2.75) is 6.92 Å². The van der Waals surface area contributed by atoms with E-state index >= 15 is 0 Å². The molecule has 0 spiro atoms. The quantitative estimate of drug-likeness (QED) is 0.591. The smallest absolute Gasteiger partial charge is 0.348 e. The molecule has 3 aromatic rings. The van der Waals surface area contributed by atoms with Gasteiger partial charge in [0.1, 0.15) is 17.3 Å². The van der Waals surface area contributed by atoms with E-state index in [9.17, 15) is 15.4 Å². The Hall–Kier alpha value is -3.40. The van der Waals surface area contributed by atoms with Crippen LogP contribution in [-0.4, -0.2) is 14.5 Å². The van der Waals surface area contributed by atoms with E-state index in [2.05, 4.69) is 16.5 Å². The standard InChI is InChI=1S/C15H11N5O2/c1-10-4-2-3-5-12(10)18-15-11(8-16)9-17-19-13(15)6-7-14(19)20(21)22/h2-7,9,18H,1H3. The summed E-state index contributed by atoms with van der Waals surface area (Å²) >= 11 is 0. The molecule has 0 aliphatic heterocycles. The van der Waals surface area contributed by atoms with Crippen molar-refractivity contribution in [1.29, 1.82) is 5.26 Å². The lowest BCUT2D eigenvalue weighted by Gasteiger charge is -2.10. The van der Waals surface area contributed by atoms with Gasteiger partial charge in [-0.2, -0.15) is 5.26 Å². The lowest BCUT2D eigenvalue weighted by molar-refractivity contribution is -0.390. The fourth-order valence-corrected chi connectivity index (χ4v) is 2.25. The summed E-state index contributed by atoms with van der Waals surface area (Å²) in [5, 5.41) is 27.4. The minimum absolute atomic E-state index is 0.146. The zero-order valence-corrected chi connectivity index (χ0v) is 11.6. The van der Waals surface area contributed by atoms with Crippen LogP contribution in [0.5, 0.6) is 0 Å². The van der Waals surface area contributed by atoms with Crippen LogP contribution in [0.3, 0.4) is 0 Å². The van der Waals surface area contributed by atoms with Crippen LogP contribution in [-0.2, 0) is 0 Å². The van der Waals surface area contributed by atoms with Crippen LogP contribution in [0.2, 0.25) is 0 Å². The van der Waals surface area contributed by atoms with Crippen molar-refractivity contribution in [2.75, 3.05) is 5.32 Å². The van der Waals surface area contributed by atoms with Gasteiger partial charge in [-0.05, 0) is 29.5 Å². The van der Waals surface area contributed by atoms with Gasteiger partial charge >= 0.3 is 5.82 Å². The molecule has 2 heterocycles. The molecular formula is C15H11N5O2. The molecule has 22 heavy (non-hydrogen) atoms. The average Bonchev–Trinajstić information content (AvgIpc) is 2.94. The molecule has 0 atom stereocenters. The molecule has 0 fully saturated rings. The third kappa shape index (κ3) is 2.13. The van der Waals surface area contributed by atoms with Gasteiger partial charge in [-0.15, -0.1) is 0 Å². The summed E-state index contributed by atoms with van der Waals surface area (Å²) in [7, 11) is 0. The molecule has 1 N–H and O–H groups in total. The van der Waals surface area contributed by atoms with Crippen molar-refractivity contribution in [2.24, 2.45) is 0 Å². The number of benzene rings is 1. The maximum Gasteiger partial charge on any atom is 0.348 e. The van der Waals surface area contributed by atoms with Gasteiger partial charge in [-0.25, -0.2) is 0 Å². The Kier molecular flexibility index (Phi) is 3.20. The maximum atomic E-state index is 11.0. The largest absolute Gasteiger partial charge is 0.358 e. The van der Waals surface area contributed by atoms with Gasteiger partial charge in [0.2, 0.25) is 0 Å². The van der Waals surface area contributed by atoms with E-state index < -0.39 is 4.92 Å². The molecule has 0 unspecified atom stereocenters. The lowest BCUT2D eigenvalue weighted by atomic mass is 10.1. The highest BCUT2D eigenvalue weighted by Gasteiger charge is 2.20. The van der Waals surface area contributed by atoms with E-state index in [0.29, 0.717) is 16.8 Å². The highest BCUT2D eigenvalue weighted by Crippen LogP contribution is 2.29. The zero-order chi connectivity index (χ0) is 15.7. The predicted molar refractivity (Wildman–Crippen MR) is 81.0 cm³/mol. The second kappa shape index (κ2) is 5.18. The van der Waals surface area contributed by atoms with Crippen molar-refractivity contribution in [3.05, 3.63) is 63.8 Å². The number of anilines is 2. The minimum Gasteiger partial charge on any atom is -0.358 e. The first-order valence-corrected chi connectivity index (χ1v) is 6.49. The van der Waals surface area contributed by atoms with Crippen molar-refractivity contribution in [3.8, 4) is 6.07 Å². The Morgan fingerprint density at radius 2 is 2.09 bits per heavy atom. The fourth-order valence-electron chi connectivity index (χ4n) is 2.25. The van der Waals surface area contributed by atoms with Gasteiger partial charge in [0, 0.05) is 11.8 Å². The maximum absolute atomic E-state index is 11.0. The molecule has 7 nitrogen and oxygen atoms in total. The predicted octanol–water partition coefficient (Wildman–Crippen LogP) is 3.17. The lowest BCUT2D eigenvalue weighted by Crippen LogP contribution is -2.03. The normalized spacial score (nSPS) is 10.4. The monoisotopic (exact) mass is 293 g/mol. The van der Waals surface area contributed by atoms with E-state index in [1.165, 1.54) is 16.8 Å². The Bertz CT molecular complexity index is 923. The van der Waals surface area contributed by atoms with Gasteiger partial charge in [-0.3, -0.25) is 0 Å². The molecule has 2 aromatic heterocycles. The number of hydrogen-bond acceptors (Lipinski definition) is 5. The van der Waals surface area contributed by atoms with E-state index in [4.69, 9.17) is 0 Å². The van der Waals surface area contributed by atoms with Crippen molar-refractivity contribution in [1.82, 2.24) is 9.61 Å². The number of para-hydroxylation sites is 1. The van der Waals surface area contributed by atoms with Crippen LogP contribution in [0.4, 0.5) is 17.2 Å². The number of nitro groups is 1. The summed E-state index contributed by atoms with van der Waals surface area (Å²) < 4.78 is 1.21. The fraction of sp³-hybridized carbons (Fsp3) is 0.0667. The Balaban J connectivity index is 2.21. The van der Waals surface area contributed by atoms with Crippen LogP contribution in [0.25, 0.3) is 5.52 Å². The van der Waals surface area contributed by atoms with Crippen molar-refractivity contribution in [3.63, 3.8) is 0 Å². The molecular weight excluding hydrogens is 282 g/mol. The topological polar surface area (TPSA) is 96.3 Å². The zero-order valence-electron chi connectivity index (χ0n) is 11.6. The van der Waals surface area contributed by atoms with E-state index in [1.807, 2.05) is 31.2 Å². The molecule has 0 saturated carbocycles. The Morgan fingerprint density at radius 3 is 2.77 bits per heavy atom. The molecule has 0 radical (unpaired) electrons. The Labute approximate surface area is 125 Å². The highest BCUT2D eigenvalue weighted by atomic mass is 16.6. The molecule has 0 aliphatic rings. The summed E-state index contributed by atoms with van der Waals surface area (Å²) in [6.07, 6.45) is 1.32. The summed E-state index contributed by atoms with van der Waals surface area (Å²) in [5.41, 5.74) is 3.14. The van der Waals surface area contributed by atoms with Gasteiger partial charge in [0.15, 0.2) is 5.52 Å². The third-order valence-electron chi connectivity index (χ3n) is 3.38. The molecule has 0 saturated heterocycles. The summed E-state index contributed by atoms with van der Waals surface area (Å²) in [4.78, 5) is 10.5. The molecule has 1 aromatic carbocycles. The van der Waals surface area contributed by atoms with Gasteiger partial charge < -0.3 is 15.4 Å². The van der Waals surface area contributed by atoms with Crippen LogP contribution >= 0.6 is 0 Å². The number of hydrogen-bond donors (Lipinski definition) is 1. The van der Waals surface area contributed by atoms with E-state index in [-0.39, 0.29) is 5.82 Å². The van der Waals surface area contributed by atoms with E-state index in [0.717, 1.165) is 11.3 Å². The van der Waals surface area contributed by atoms with Crippen LogP contribution in [0, 0.1) is 28.4 Å². The number of rotatable bonds is 3. The third-order valence-corrected chi connectivity index (χ3v) is 3.38. The first-order valence-electron chi connectivity index (χ1n) is 6.49. The van der Waals surface area contributed by atoms with Crippen molar-refractivity contribution >= 4 is 22.7 Å². The summed E-state index contributed by atoms with van der Waals surface area (Å²) in [6.45, 7) is 1.94. The van der Waals surface area contributed by atoms with E-state index in [1.54, 1.807) is 6.07 Å². The van der Waals surface area contributed by atoms with Crippen LogP contribution in [0.15, 0.2) is 42.6 Å². The molecule has 0 amide bonds. The second-order valence-corrected chi connectivity index (χ2v) is 4.73. The SMILES string of the molecule is Cc1ccccc1Nc1c(C#N)cnn2c([N+](=O)[O-])ccc12. The highest BCUT2D eigenvalue weighted by molar-refractivity contribution is 5.83. The van der Waals surface area contributed by atoms with Crippen LogP contribution < -0.4 is 5.32 Å². The molecule has 7 heteroatoms. The number of fused-ring (bicyclic) bond motifs is 1. The summed E-state index contributed by atoms with van der Waals surface area (Å²) in [5.74, 6) is -0.146. The molecule has 3 rings (SSSR count). The Morgan fingerprint density at radius 1 is 1.32 bits per heavy atom. The van der Waals surface area contributed by atoms with Gasteiger partial charge in [-0.1, -0.05) is 27.8 Å². The van der Waals surface area contributed by atoms with Crippen molar-refractivity contribution < 1.29 is 4.92 Å². The minimum atomic E-state index is -0.510. The molecule has 0 bridgehead atoms. The first-order chi connectivity index (χ1) is 10.6. The van der Waals surface area contributed by atoms with Crippen LogP contribution in [0.1, 0.15) is 11.1 Å². The molecule has 108 valence electrons. The average molecular weight is 293 g/mol. The second-order valence-electron chi connectivity index (χ2n) is 4.73. The number of nitrogens with zero attached hydrogens (tertiary/aromatic N) is 4. The first kappa shape index (κ1) is 13.6. The molecule has 0 aliphatic carbocycles. The summed E-state index contributed by atoms with van der Waals surface area (Å²) in [6, 6.07) is 12.6.